The van der Waals surface area contributed by atoms with Crippen molar-refractivity contribution >= 4 is 5.69 Å². The van der Waals surface area contributed by atoms with E-state index in [0.29, 0.717) is 12.1 Å². The summed E-state index contributed by atoms with van der Waals surface area (Å²) in [5.41, 5.74) is 2.47. The number of rotatable bonds is 3. The molecule has 88 valence electrons. The number of hydrogen-bond donors (Lipinski definition) is 1. The van der Waals surface area contributed by atoms with Gasteiger partial charge in [-0.2, -0.15) is 0 Å². The van der Waals surface area contributed by atoms with Gasteiger partial charge in [0, 0.05) is 12.2 Å². The maximum Gasteiger partial charge on any atom is 0.159 e. The van der Waals surface area contributed by atoms with E-state index < -0.39 is 11.6 Å². The van der Waals surface area contributed by atoms with Crippen molar-refractivity contribution in [3.8, 4) is 0 Å². The van der Waals surface area contributed by atoms with Gasteiger partial charge in [0.15, 0.2) is 11.6 Å². The van der Waals surface area contributed by atoms with Gasteiger partial charge in [-0.3, -0.25) is 4.98 Å². The van der Waals surface area contributed by atoms with Crippen molar-refractivity contribution in [2.45, 2.75) is 13.5 Å². The third-order valence-corrected chi connectivity index (χ3v) is 2.39. The molecule has 0 atom stereocenters. The van der Waals surface area contributed by atoms with Crippen LogP contribution in [0.2, 0.25) is 0 Å². The first kappa shape index (κ1) is 11.5. The third-order valence-electron chi connectivity index (χ3n) is 2.39. The number of pyridine rings is 1. The summed E-state index contributed by atoms with van der Waals surface area (Å²) in [6.45, 7) is 2.33. The lowest BCUT2D eigenvalue weighted by Crippen LogP contribution is -2.01. The molecule has 0 aliphatic carbocycles. The first-order valence-corrected chi connectivity index (χ1v) is 5.25. The molecule has 0 aliphatic heterocycles. The van der Waals surface area contributed by atoms with E-state index in [0.717, 1.165) is 17.4 Å². The normalized spacial score (nSPS) is 10.3. The Bertz CT molecular complexity index is 509. The smallest absolute Gasteiger partial charge is 0.159 e. The summed E-state index contributed by atoms with van der Waals surface area (Å²) in [7, 11) is 0. The Morgan fingerprint density at radius 2 is 1.94 bits per heavy atom. The Morgan fingerprint density at radius 3 is 2.59 bits per heavy atom. The molecule has 2 aromatic rings. The zero-order chi connectivity index (χ0) is 12.3. The van der Waals surface area contributed by atoms with Crippen LogP contribution in [0.3, 0.4) is 0 Å². The van der Waals surface area contributed by atoms with Gasteiger partial charge in [-0.1, -0.05) is 6.07 Å². The minimum Gasteiger partial charge on any atom is -0.380 e. The Hall–Kier alpha value is -1.97. The van der Waals surface area contributed by atoms with Crippen LogP contribution >= 0.6 is 0 Å². The molecule has 17 heavy (non-hydrogen) atoms. The van der Waals surface area contributed by atoms with Gasteiger partial charge in [0.2, 0.25) is 0 Å². The predicted molar refractivity (Wildman–Crippen MR) is 62.7 cm³/mol. The molecule has 0 saturated carbocycles. The molecule has 0 fully saturated rings. The van der Waals surface area contributed by atoms with Crippen LogP contribution in [-0.2, 0) is 6.54 Å². The highest BCUT2D eigenvalue weighted by atomic mass is 19.2. The lowest BCUT2D eigenvalue weighted by molar-refractivity contribution is 0.507. The second-order valence-corrected chi connectivity index (χ2v) is 3.79. The summed E-state index contributed by atoms with van der Waals surface area (Å²) in [4.78, 5) is 4.13. The quantitative estimate of drug-likeness (QED) is 0.881. The minimum absolute atomic E-state index is 0.432. The zero-order valence-electron chi connectivity index (χ0n) is 9.37. The molecule has 0 saturated heterocycles. The highest BCUT2D eigenvalue weighted by Gasteiger charge is 2.02. The van der Waals surface area contributed by atoms with Crippen LogP contribution in [0, 0.1) is 18.6 Å². The molecular weight excluding hydrogens is 222 g/mol. The molecule has 0 unspecified atom stereocenters. The van der Waals surface area contributed by atoms with E-state index in [-0.39, 0.29) is 0 Å². The fourth-order valence-corrected chi connectivity index (χ4v) is 1.43. The van der Waals surface area contributed by atoms with Gasteiger partial charge in [0.25, 0.3) is 0 Å². The van der Waals surface area contributed by atoms with Gasteiger partial charge in [-0.15, -0.1) is 0 Å². The third kappa shape index (κ3) is 3.00. The number of benzene rings is 1. The Labute approximate surface area is 98.3 Å². The average Bonchev–Trinajstić information content (AvgIpc) is 2.33. The van der Waals surface area contributed by atoms with Gasteiger partial charge in [-0.05, 0) is 36.8 Å². The fourth-order valence-electron chi connectivity index (χ4n) is 1.43. The SMILES string of the molecule is Cc1ccc(NCc2ccc(F)c(F)c2)cn1. The summed E-state index contributed by atoms with van der Waals surface area (Å²) in [5.74, 6) is -1.66. The van der Waals surface area contributed by atoms with Gasteiger partial charge in [0.05, 0.1) is 11.9 Å². The standard InChI is InChI=1S/C13H12F2N2/c1-9-2-4-11(8-16-9)17-7-10-3-5-12(14)13(15)6-10/h2-6,8,17H,7H2,1H3. The van der Waals surface area contributed by atoms with Crippen LogP contribution in [0.5, 0.6) is 0 Å². The number of nitrogens with one attached hydrogen (secondary N) is 1. The van der Waals surface area contributed by atoms with Crippen LogP contribution in [0.1, 0.15) is 11.3 Å². The first-order chi connectivity index (χ1) is 8.15. The monoisotopic (exact) mass is 234 g/mol. The molecule has 0 radical (unpaired) electrons. The van der Waals surface area contributed by atoms with E-state index in [9.17, 15) is 8.78 Å². The predicted octanol–water partition coefficient (Wildman–Crippen LogP) is 3.28. The zero-order valence-corrected chi connectivity index (χ0v) is 9.37. The van der Waals surface area contributed by atoms with Crippen molar-refractivity contribution < 1.29 is 8.78 Å². The van der Waals surface area contributed by atoms with Crippen LogP contribution < -0.4 is 5.32 Å². The minimum atomic E-state index is -0.828. The Morgan fingerprint density at radius 1 is 1.12 bits per heavy atom. The number of nitrogens with zero attached hydrogens (tertiary/aromatic N) is 1. The maximum absolute atomic E-state index is 12.9. The number of halogens is 2. The van der Waals surface area contributed by atoms with E-state index >= 15 is 0 Å². The van der Waals surface area contributed by atoms with Crippen molar-refractivity contribution in [2.75, 3.05) is 5.32 Å². The Kier molecular flexibility index (Phi) is 3.32. The van der Waals surface area contributed by atoms with Crippen molar-refractivity contribution in [3.63, 3.8) is 0 Å². The first-order valence-electron chi connectivity index (χ1n) is 5.25. The van der Waals surface area contributed by atoms with Crippen LogP contribution in [0.4, 0.5) is 14.5 Å². The van der Waals surface area contributed by atoms with Gasteiger partial charge >= 0.3 is 0 Å². The second-order valence-electron chi connectivity index (χ2n) is 3.79. The van der Waals surface area contributed by atoms with Gasteiger partial charge in [0.1, 0.15) is 0 Å². The van der Waals surface area contributed by atoms with Crippen LogP contribution in [0.15, 0.2) is 36.5 Å². The van der Waals surface area contributed by atoms with E-state index in [4.69, 9.17) is 0 Å². The van der Waals surface area contributed by atoms with E-state index in [1.165, 1.54) is 6.07 Å². The summed E-state index contributed by atoms with van der Waals surface area (Å²) >= 11 is 0. The van der Waals surface area contributed by atoms with Crippen LogP contribution in [-0.4, -0.2) is 4.98 Å². The van der Waals surface area contributed by atoms with Crippen LogP contribution in [0.25, 0.3) is 0 Å². The molecule has 2 rings (SSSR count). The van der Waals surface area contributed by atoms with Gasteiger partial charge < -0.3 is 5.32 Å². The molecule has 0 amide bonds. The summed E-state index contributed by atoms with van der Waals surface area (Å²) in [5, 5.41) is 3.08. The molecule has 1 N–H and O–H groups in total. The molecule has 2 nitrogen and oxygen atoms in total. The molecule has 1 heterocycles. The summed E-state index contributed by atoms with van der Waals surface area (Å²) < 4.78 is 25.6. The molecular formula is C13H12F2N2. The molecule has 0 spiro atoms. The average molecular weight is 234 g/mol. The summed E-state index contributed by atoms with van der Waals surface area (Å²) in [6.07, 6.45) is 1.70. The van der Waals surface area contributed by atoms with Crippen molar-refractivity contribution in [3.05, 3.63) is 59.4 Å². The molecule has 0 bridgehead atoms. The lowest BCUT2D eigenvalue weighted by atomic mass is 10.2. The number of aromatic nitrogens is 1. The molecule has 0 aliphatic rings. The van der Waals surface area contributed by atoms with E-state index in [1.807, 2.05) is 19.1 Å². The van der Waals surface area contributed by atoms with E-state index in [1.54, 1.807) is 12.3 Å². The largest absolute Gasteiger partial charge is 0.380 e. The number of aryl methyl sites for hydroxylation is 1. The topological polar surface area (TPSA) is 24.9 Å². The Balaban J connectivity index is 2.02. The van der Waals surface area contributed by atoms with Gasteiger partial charge in [-0.25, -0.2) is 8.78 Å². The number of anilines is 1. The van der Waals surface area contributed by atoms with Crippen molar-refractivity contribution in [1.29, 1.82) is 0 Å². The van der Waals surface area contributed by atoms with Crippen molar-refractivity contribution in [1.82, 2.24) is 4.98 Å². The number of hydrogen-bond acceptors (Lipinski definition) is 2. The highest BCUT2D eigenvalue weighted by Crippen LogP contribution is 2.11. The molecule has 4 heteroatoms. The molecule has 1 aromatic heterocycles. The maximum atomic E-state index is 12.9. The molecule has 1 aromatic carbocycles. The fraction of sp³-hybridized carbons (Fsp3) is 0.154. The van der Waals surface area contributed by atoms with Crippen molar-refractivity contribution in [2.24, 2.45) is 0 Å². The summed E-state index contributed by atoms with van der Waals surface area (Å²) in [6, 6.07) is 7.63. The highest BCUT2D eigenvalue weighted by molar-refractivity contribution is 5.41. The second kappa shape index (κ2) is 4.91. The van der Waals surface area contributed by atoms with E-state index in [2.05, 4.69) is 10.3 Å². The lowest BCUT2D eigenvalue weighted by Gasteiger charge is -2.06.